The van der Waals surface area contributed by atoms with Crippen LogP contribution in [-0.4, -0.2) is 30.4 Å². The molecule has 1 saturated heterocycles. The Morgan fingerprint density at radius 2 is 1.57 bits per heavy atom. The predicted octanol–water partition coefficient (Wildman–Crippen LogP) is 6.18. The third-order valence-corrected chi connectivity index (χ3v) is 6.84. The van der Waals surface area contributed by atoms with E-state index in [0.29, 0.717) is 25.1 Å². The summed E-state index contributed by atoms with van der Waals surface area (Å²) in [5.41, 5.74) is -0.321. The lowest BCUT2D eigenvalue weighted by molar-refractivity contribution is -0.143. The number of amides is 1. The number of carbonyl (C=O) groups is 1. The maximum absolute atomic E-state index is 13.0. The standard InChI is InChI=1S/C26H26F6N2O/c27-25(28,29)20-14-18(15-21(16-20)26(30,31)32)17-33-23(35)6-3-11-34-12-9-24(10-13-34)8-7-19-4-1-2-5-22(19)24/h1-2,4-5,7-8,14-16H,3,6,9-13,17H2,(H,33,35). The zero-order valence-electron chi connectivity index (χ0n) is 19.0. The Morgan fingerprint density at radius 1 is 0.943 bits per heavy atom. The van der Waals surface area contributed by atoms with Crippen LogP contribution in [0.3, 0.4) is 0 Å². The summed E-state index contributed by atoms with van der Waals surface area (Å²) in [4.78, 5) is 14.5. The Bertz CT molecular complexity index is 1070. The summed E-state index contributed by atoms with van der Waals surface area (Å²) in [7, 11) is 0. The van der Waals surface area contributed by atoms with Crippen molar-refractivity contribution in [3.8, 4) is 0 Å². The number of hydrogen-bond donors (Lipinski definition) is 1. The fraction of sp³-hybridized carbons (Fsp3) is 0.423. The fourth-order valence-corrected chi connectivity index (χ4v) is 4.92. The van der Waals surface area contributed by atoms with Gasteiger partial charge < -0.3 is 10.2 Å². The highest BCUT2D eigenvalue weighted by atomic mass is 19.4. The average Bonchev–Trinajstić information content (AvgIpc) is 3.16. The number of nitrogens with one attached hydrogen (secondary N) is 1. The number of piperidine rings is 1. The van der Waals surface area contributed by atoms with Crippen molar-refractivity contribution in [3.63, 3.8) is 0 Å². The molecule has 0 saturated carbocycles. The first-order chi connectivity index (χ1) is 16.5. The molecule has 188 valence electrons. The summed E-state index contributed by atoms with van der Waals surface area (Å²) in [6.45, 7) is 2.09. The van der Waals surface area contributed by atoms with E-state index >= 15 is 0 Å². The SMILES string of the molecule is O=C(CCCN1CCC2(C=Cc3ccccc32)CC1)NCc1cc(C(F)(F)F)cc(C(F)(F)F)c1. The van der Waals surface area contributed by atoms with Crippen LogP contribution < -0.4 is 5.32 Å². The number of likely N-dealkylation sites (tertiary alicyclic amines) is 1. The fourth-order valence-electron chi connectivity index (χ4n) is 4.92. The van der Waals surface area contributed by atoms with Gasteiger partial charge in [0, 0.05) is 18.4 Å². The largest absolute Gasteiger partial charge is 0.416 e. The lowest BCUT2D eigenvalue weighted by Crippen LogP contribution is -2.41. The van der Waals surface area contributed by atoms with E-state index in [0.717, 1.165) is 25.9 Å². The maximum Gasteiger partial charge on any atom is 0.416 e. The molecule has 0 unspecified atom stereocenters. The highest BCUT2D eigenvalue weighted by Crippen LogP contribution is 2.43. The van der Waals surface area contributed by atoms with E-state index in [4.69, 9.17) is 0 Å². The number of alkyl halides is 6. The number of benzene rings is 2. The molecule has 2 aliphatic rings. The molecule has 0 bridgehead atoms. The van der Waals surface area contributed by atoms with E-state index in [9.17, 15) is 31.1 Å². The van der Waals surface area contributed by atoms with E-state index < -0.39 is 35.9 Å². The predicted molar refractivity (Wildman–Crippen MR) is 120 cm³/mol. The summed E-state index contributed by atoms with van der Waals surface area (Å²) < 4.78 is 77.9. The number of fused-ring (bicyclic) bond motifs is 2. The highest BCUT2D eigenvalue weighted by molar-refractivity contribution is 5.75. The minimum atomic E-state index is -4.91. The van der Waals surface area contributed by atoms with Crippen LogP contribution in [0.1, 0.15) is 53.5 Å². The van der Waals surface area contributed by atoms with Crippen molar-refractivity contribution >= 4 is 12.0 Å². The summed E-state index contributed by atoms with van der Waals surface area (Å²) >= 11 is 0. The Hall–Kier alpha value is -2.81. The number of hydrogen-bond acceptors (Lipinski definition) is 2. The summed E-state index contributed by atoms with van der Waals surface area (Å²) in [5.74, 6) is -0.405. The molecular formula is C26H26F6N2O. The molecule has 2 aromatic carbocycles. The topological polar surface area (TPSA) is 32.3 Å². The number of halogens is 6. The van der Waals surface area contributed by atoms with Gasteiger partial charge >= 0.3 is 12.4 Å². The first-order valence-electron chi connectivity index (χ1n) is 11.5. The van der Waals surface area contributed by atoms with Gasteiger partial charge in [-0.05, 0) is 73.8 Å². The lowest BCUT2D eigenvalue weighted by atomic mass is 9.74. The van der Waals surface area contributed by atoms with Gasteiger partial charge in [0.25, 0.3) is 0 Å². The normalized spacial score (nSPS) is 17.5. The molecule has 0 atom stereocenters. The van der Waals surface area contributed by atoms with Gasteiger partial charge in [0.2, 0.25) is 5.91 Å². The van der Waals surface area contributed by atoms with Gasteiger partial charge in [-0.2, -0.15) is 26.3 Å². The third kappa shape index (κ3) is 5.89. The summed E-state index contributed by atoms with van der Waals surface area (Å²) in [5, 5.41) is 2.44. The summed E-state index contributed by atoms with van der Waals surface area (Å²) in [6.07, 6.45) is -2.67. The van der Waals surface area contributed by atoms with Crippen molar-refractivity contribution in [1.82, 2.24) is 10.2 Å². The Labute approximate surface area is 199 Å². The Kier molecular flexibility index (Phi) is 6.99. The van der Waals surface area contributed by atoms with E-state index in [-0.39, 0.29) is 23.5 Å². The Balaban J connectivity index is 1.24. The van der Waals surface area contributed by atoms with Crippen LogP contribution in [0.5, 0.6) is 0 Å². The molecule has 1 amide bonds. The number of allylic oxidation sites excluding steroid dienone is 1. The van der Waals surface area contributed by atoms with Crippen LogP contribution >= 0.6 is 0 Å². The van der Waals surface area contributed by atoms with E-state index in [1.54, 1.807) is 0 Å². The minimum absolute atomic E-state index is 0.0741. The number of rotatable bonds is 6. The lowest BCUT2D eigenvalue weighted by Gasteiger charge is -2.39. The molecule has 1 heterocycles. The molecular weight excluding hydrogens is 470 g/mol. The van der Waals surface area contributed by atoms with Crippen molar-refractivity contribution in [2.45, 2.75) is 50.0 Å². The molecule has 2 aromatic rings. The van der Waals surface area contributed by atoms with Crippen LogP contribution in [-0.2, 0) is 29.1 Å². The number of carbonyl (C=O) groups excluding carboxylic acids is 1. The molecule has 0 radical (unpaired) electrons. The van der Waals surface area contributed by atoms with Crippen LogP contribution in [0.25, 0.3) is 6.08 Å². The first kappa shape index (κ1) is 25.3. The highest BCUT2D eigenvalue weighted by Gasteiger charge is 2.38. The summed E-state index contributed by atoms with van der Waals surface area (Å²) in [6, 6.07) is 9.73. The smallest absolute Gasteiger partial charge is 0.352 e. The molecule has 1 fully saturated rings. The van der Waals surface area contributed by atoms with Crippen LogP contribution in [0.4, 0.5) is 26.3 Å². The van der Waals surface area contributed by atoms with Gasteiger partial charge in [-0.15, -0.1) is 0 Å². The van der Waals surface area contributed by atoms with Crippen LogP contribution in [0.15, 0.2) is 48.5 Å². The second kappa shape index (κ2) is 9.68. The van der Waals surface area contributed by atoms with Crippen molar-refractivity contribution in [1.29, 1.82) is 0 Å². The molecule has 4 rings (SSSR count). The first-order valence-corrected chi connectivity index (χ1v) is 11.5. The molecule has 9 heteroatoms. The zero-order chi connectivity index (χ0) is 25.3. The van der Waals surface area contributed by atoms with Gasteiger partial charge in [-0.25, -0.2) is 0 Å². The van der Waals surface area contributed by atoms with Gasteiger partial charge in [-0.1, -0.05) is 36.4 Å². The van der Waals surface area contributed by atoms with Crippen LogP contribution in [0, 0.1) is 0 Å². The monoisotopic (exact) mass is 496 g/mol. The third-order valence-electron chi connectivity index (χ3n) is 6.84. The van der Waals surface area contributed by atoms with Crippen molar-refractivity contribution < 1.29 is 31.1 Å². The number of nitrogens with zero attached hydrogens (tertiary/aromatic N) is 1. The zero-order valence-corrected chi connectivity index (χ0v) is 19.0. The molecule has 1 aliphatic heterocycles. The maximum atomic E-state index is 13.0. The van der Waals surface area contributed by atoms with Gasteiger partial charge in [0.15, 0.2) is 0 Å². The van der Waals surface area contributed by atoms with Crippen molar-refractivity contribution in [3.05, 3.63) is 76.4 Å². The van der Waals surface area contributed by atoms with Crippen molar-refractivity contribution in [2.75, 3.05) is 19.6 Å². The molecule has 3 nitrogen and oxygen atoms in total. The second-order valence-corrected chi connectivity index (χ2v) is 9.21. The van der Waals surface area contributed by atoms with Gasteiger partial charge in [0.1, 0.15) is 0 Å². The Morgan fingerprint density at radius 3 is 2.20 bits per heavy atom. The molecule has 1 N–H and O–H groups in total. The van der Waals surface area contributed by atoms with Crippen LogP contribution in [0.2, 0.25) is 0 Å². The molecule has 0 aromatic heterocycles. The van der Waals surface area contributed by atoms with E-state index in [2.05, 4.69) is 40.6 Å². The van der Waals surface area contributed by atoms with Gasteiger partial charge in [-0.3, -0.25) is 4.79 Å². The van der Waals surface area contributed by atoms with E-state index in [1.807, 2.05) is 6.07 Å². The van der Waals surface area contributed by atoms with E-state index in [1.165, 1.54) is 11.1 Å². The quantitative estimate of drug-likeness (QED) is 0.485. The van der Waals surface area contributed by atoms with Gasteiger partial charge in [0.05, 0.1) is 11.1 Å². The molecule has 1 spiro atoms. The average molecular weight is 496 g/mol. The molecule has 35 heavy (non-hydrogen) atoms. The van der Waals surface area contributed by atoms with Crippen molar-refractivity contribution in [2.24, 2.45) is 0 Å². The minimum Gasteiger partial charge on any atom is -0.352 e. The molecule has 1 aliphatic carbocycles. The second-order valence-electron chi connectivity index (χ2n) is 9.21.